The molecule has 2 heterocycles. The van der Waals surface area contributed by atoms with Crippen molar-refractivity contribution in [2.75, 3.05) is 13.7 Å². The van der Waals surface area contributed by atoms with Crippen LogP contribution in [0, 0.1) is 0 Å². The molecule has 1 aliphatic heterocycles. The maximum atomic E-state index is 11.4. The lowest BCUT2D eigenvalue weighted by Crippen LogP contribution is -2.18. The van der Waals surface area contributed by atoms with Crippen LogP contribution in [-0.2, 0) is 16.0 Å². The number of ether oxygens (including phenoxy) is 2. The number of aromatic nitrogens is 1. The van der Waals surface area contributed by atoms with Crippen LogP contribution in [0.1, 0.15) is 23.3 Å². The van der Waals surface area contributed by atoms with Crippen LogP contribution in [0.25, 0.3) is 0 Å². The van der Waals surface area contributed by atoms with Crippen molar-refractivity contribution in [3.8, 4) is 0 Å². The molecular weight excluding hydrogens is 194 g/mol. The fourth-order valence-electron chi connectivity index (χ4n) is 1.87. The first-order valence-electron chi connectivity index (χ1n) is 5.16. The first-order valence-corrected chi connectivity index (χ1v) is 5.16. The van der Waals surface area contributed by atoms with Crippen LogP contribution in [0.4, 0.5) is 0 Å². The molecular formula is C11H15NO3. The Hall–Kier alpha value is -1.29. The summed E-state index contributed by atoms with van der Waals surface area (Å²) in [5.74, 6) is -0.294. The zero-order chi connectivity index (χ0) is 10.7. The Labute approximate surface area is 88.8 Å². The highest BCUT2D eigenvalue weighted by Crippen LogP contribution is 2.15. The summed E-state index contributed by atoms with van der Waals surface area (Å²) >= 11 is 0. The normalized spacial score (nSPS) is 20.5. The van der Waals surface area contributed by atoms with Crippen molar-refractivity contribution in [1.29, 1.82) is 0 Å². The second-order valence-corrected chi connectivity index (χ2v) is 3.67. The van der Waals surface area contributed by atoms with Crippen molar-refractivity contribution in [2.24, 2.45) is 0 Å². The zero-order valence-electron chi connectivity index (χ0n) is 8.81. The van der Waals surface area contributed by atoms with Crippen LogP contribution in [0.2, 0.25) is 0 Å². The van der Waals surface area contributed by atoms with Gasteiger partial charge in [0.2, 0.25) is 0 Å². The minimum atomic E-state index is -0.294. The lowest BCUT2D eigenvalue weighted by atomic mass is 10.2. The van der Waals surface area contributed by atoms with E-state index in [1.54, 1.807) is 6.07 Å². The average molecular weight is 209 g/mol. The Morgan fingerprint density at radius 2 is 2.60 bits per heavy atom. The van der Waals surface area contributed by atoms with Gasteiger partial charge in [0.05, 0.1) is 13.2 Å². The third-order valence-electron chi connectivity index (χ3n) is 2.65. The van der Waals surface area contributed by atoms with Crippen LogP contribution < -0.4 is 0 Å². The minimum Gasteiger partial charge on any atom is -0.464 e. The second kappa shape index (κ2) is 4.49. The predicted octanol–water partition coefficient (Wildman–Crippen LogP) is 1.45. The van der Waals surface area contributed by atoms with E-state index < -0.39 is 0 Å². The van der Waals surface area contributed by atoms with Crippen LogP contribution in [-0.4, -0.2) is 30.4 Å². The van der Waals surface area contributed by atoms with E-state index in [-0.39, 0.29) is 12.1 Å². The summed E-state index contributed by atoms with van der Waals surface area (Å²) in [6.45, 7) is 1.57. The van der Waals surface area contributed by atoms with E-state index in [1.807, 2.05) is 16.8 Å². The molecule has 0 saturated carbocycles. The Balaban J connectivity index is 2.07. The van der Waals surface area contributed by atoms with Gasteiger partial charge in [0, 0.05) is 19.3 Å². The van der Waals surface area contributed by atoms with Crippen molar-refractivity contribution in [3.05, 3.63) is 24.0 Å². The molecule has 0 spiro atoms. The topological polar surface area (TPSA) is 40.5 Å². The zero-order valence-corrected chi connectivity index (χ0v) is 8.81. The predicted molar refractivity (Wildman–Crippen MR) is 54.7 cm³/mol. The van der Waals surface area contributed by atoms with Gasteiger partial charge in [-0.1, -0.05) is 0 Å². The van der Waals surface area contributed by atoms with Gasteiger partial charge in [0.1, 0.15) is 5.69 Å². The van der Waals surface area contributed by atoms with Gasteiger partial charge in [0.15, 0.2) is 0 Å². The molecule has 82 valence electrons. The van der Waals surface area contributed by atoms with E-state index in [0.29, 0.717) is 5.69 Å². The fraction of sp³-hybridized carbons (Fsp3) is 0.545. The molecule has 0 N–H and O–H groups in total. The number of esters is 1. The van der Waals surface area contributed by atoms with Gasteiger partial charge in [0.25, 0.3) is 0 Å². The third kappa shape index (κ3) is 2.21. The molecule has 0 unspecified atom stereocenters. The molecule has 0 aliphatic carbocycles. The van der Waals surface area contributed by atoms with E-state index in [2.05, 4.69) is 0 Å². The van der Waals surface area contributed by atoms with E-state index in [0.717, 1.165) is 26.0 Å². The summed E-state index contributed by atoms with van der Waals surface area (Å²) in [5.41, 5.74) is 0.591. The van der Waals surface area contributed by atoms with Gasteiger partial charge in [-0.15, -0.1) is 0 Å². The maximum absolute atomic E-state index is 11.4. The fourth-order valence-corrected chi connectivity index (χ4v) is 1.87. The van der Waals surface area contributed by atoms with Gasteiger partial charge in [-0.25, -0.2) is 4.79 Å². The van der Waals surface area contributed by atoms with Crippen LogP contribution >= 0.6 is 0 Å². The van der Waals surface area contributed by atoms with Gasteiger partial charge < -0.3 is 14.0 Å². The first-order chi connectivity index (χ1) is 7.31. The Morgan fingerprint density at radius 3 is 3.27 bits per heavy atom. The van der Waals surface area contributed by atoms with Gasteiger partial charge in [-0.2, -0.15) is 0 Å². The number of carbonyl (C=O) groups excluding carboxylic acids is 1. The number of nitrogens with zero attached hydrogens (tertiary/aromatic N) is 1. The van der Waals surface area contributed by atoms with Crippen molar-refractivity contribution >= 4 is 5.97 Å². The summed E-state index contributed by atoms with van der Waals surface area (Å²) in [5, 5.41) is 0. The average Bonchev–Trinajstić information content (AvgIpc) is 2.88. The highest BCUT2D eigenvalue weighted by molar-refractivity contribution is 5.87. The quantitative estimate of drug-likeness (QED) is 0.707. The molecule has 1 aliphatic rings. The molecule has 4 nitrogen and oxygen atoms in total. The third-order valence-corrected chi connectivity index (χ3v) is 2.65. The van der Waals surface area contributed by atoms with Crippen molar-refractivity contribution in [2.45, 2.75) is 25.5 Å². The number of carbonyl (C=O) groups is 1. The standard InChI is InChI=1S/C11H15NO3/c1-14-11(13)10-5-2-6-12(10)8-9-4-3-7-15-9/h2,5-6,9H,3-4,7-8H2,1H3/t9-/m0/s1. The molecule has 1 saturated heterocycles. The van der Waals surface area contributed by atoms with Crippen LogP contribution in [0.5, 0.6) is 0 Å². The molecule has 1 aromatic rings. The van der Waals surface area contributed by atoms with Gasteiger partial charge in [-0.05, 0) is 25.0 Å². The summed E-state index contributed by atoms with van der Waals surface area (Å²) < 4.78 is 12.1. The largest absolute Gasteiger partial charge is 0.464 e. The Morgan fingerprint density at radius 1 is 1.73 bits per heavy atom. The monoisotopic (exact) mass is 209 g/mol. The van der Waals surface area contributed by atoms with Crippen LogP contribution in [0.3, 0.4) is 0 Å². The Bertz CT molecular complexity index is 339. The number of hydrogen-bond donors (Lipinski definition) is 0. The maximum Gasteiger partial charge on any atom is 0.354 e. The molecule has 1 fully saturated rings. The van der Waals surface area contributed by atoms with Crippen LogP contribution in [0.15, 0.2) is 18.3 Å². The molecule has 0 bridgehead atoms. The molecule has 2 rings (SSSR count). The minimum absolute atomic E-state index is 0.237. The molecule has 0 aromatic carbocycles. The smallest absolute Gasteiger partial charge is 0.354 e. The highest BCUT2D eigenvalue weighted by atomic mass is 16.5. The van der Waals surface area contributed by atoms with Gasteiger partial charge >= 0.3 is 5.97 Å². The van der Waals surface area contributed by atoms with Crippen molar-refractivity contribution in [3.63, 3.8) is 0 Å². The molecule has 15 heavy (non-hydrogen) atoms. The summed E-state index contributed by atoms with van der Waals surface area (Å²) in [6.07, 6.45) is 4.30. The van der Waals surface area contributed by atoms with E-state index in [9.17, 15) is 4.79 Å². The SMILES string of the molecule is COC(=O)c1cccn1C[C@@H]1CCCO1. The summed E-state index contributed by atoms with van der Waals surface area (Å²) in [4.78, 5) is 11.4. The second-order valence-electron chi connectivity index (χ2n) is 3.67. The number of rotatable bonds is 3. The number of methoxy groups -OCH3 is 1. The lowest BCUT2D eigenvalue weighted by Gasteiger charge is -2.12. The molecule has 0 amide bonds. The highest BCUT2D eigenvalue weighted by Gasteiger charge is 2.18. The number of hydrogen-bond acceptors (Lipinski definition) is 3. The van der Waals surface area contributed by atoms with E-state index in [4.69, 9.17) is 9.47 Å². The first kappa shape index (κ1) is 10.2. The van der Waals surface area contributed by atoms with Gasteiger partial charge in [-0.3, -0.25) is 0 Å². The molecule has 1 atom stereocenters. The molecule has 1 aromatic heterocycles. The van der Waals surface area contributed by atoms with E-state index in [1.165, 1.54) is 7.11 Å². The van der Waals surface area contributed by atoms with Crippen molar-refractivity contribution < 1.29 is 14.3 Å². The molecule has 0 radical (unpaired) electrons. The lowest BCUT2D eigenvalue weighted by molar-refractivity contribution is 0.0577. The van der Waals surface area contributed by atoms with E-state index >= 15 is 0 Å². The Kier molecular flexibility index (Phi) is 3.06. The summed E-state index contributed by atoms with van der Waals surface area (Å²) in [7, 11) is 1.39. The van der Waals surface area contributed by atoms with Crippen molar-refractivity contribution in [1.82, 2.24) is 4.57 Å². The summed E-state index contributed by atoms with van der Waals surface area (Å²) in [6, 6.07) is 3.61. The molecule has 4 heteroatoms.